The number of rotatable bonds is 4. The summed E-state index contributed by atoms with van der Waals surface area (Å²) in [6.07, 6.45) is 3.27. The molecule has 5 heteroatoms. The maximum atomic E-state index is 13.1. The molecule has 5 nitrogen and oxygen atoms in total. The quantitative estimate of drug-likeness (QED) is 0.868. The van der Waals surface area contributed by atoms with E-state index in [2.05, 4.69) is 9.88 Å². The Hall–Kier alpha value is -2.24. The molecule has 0 spiro atoms. The van der Waals surface area contributed by atoms with E-state index in [1.54, 1.807) is 0 Å². The maximum Gasteiger partial charge on any atom is 0.227 e. The molecule has 154 valence electrons. The summed E-state index contributed by atoms with van der Waals surface area (Å²) >= 11 is 0. The predicted molar refractivity (Wildman–Crippen MR) is 114 cm³/mol. The van der Waals surface area contributed by atoms with Gasteiger partial charge in [-0.25, -0.2) is 0 Å². The van der Waals surface area contributed by atoms with Crippen LogP contribution < -0.4 is 0 Å². The molecule has 0 saturated carbocycles. The second-order valence-electron chi connectivity index (χ2n) is 8.57. The molecule has 2 aliphatic rings. The molecule has 0 aliphatic carbocycles. The Morgan fingerprint density at radius 3 is 2.41 bits per heavy atom. The number of aromatic nitrogens is 1. The van der Waals surface area contributed by atoms with Crippen molar-refractivity contribution < 1.29 is 9.90 Å². The van der Waals surface area contributed by atoms with E-state index in [0.29, 0.717) is 25.9 Å². The molecule has 1 aromatic carbocycles. The van der Waals surface area contributed by atoms with Crippen molar-refractivity contribution in [3.63, 3.8) is 0 Å². The van der Waals surface area contributed by atoms with Crippen LogP contribution in [0, 0.1) is 13.8 Å². The summed E-state index contributed by atoms with van der Waals surface area (Å²) in [5.41, 5.74) is 2.96. The minimum atomic E-state index is -0.910. The monoisotopic (exact) mass is 393 g/mol. The van der Waals surface area contributed by atoms with Crippen molar-refractivity contribution in [2.24, 2.45) is 0 Å². The van der Waals surface area contributed by atoms with E-state index in [9.17, 15) is 9.90 Å². The summed E-state index contributed by atoms with van der Waals surface area (Å²) in [4.78, 5) is 21.8. The van der Waals surface area contributed by atoms with E-state index < -0.39 is 5.60 Å². The van der Waals surface area contributed by atoms with E-state index in [1.807, 2.05) is 61.2 Å². The van der Waals surface area contributed by atoms with Gasteiger partial charge in [-0.15, -0.1) is 0 Å². The van der Waals surface area contributed by atoms with Gasteiger partial charge in [0.2, 0.25) is 5.91 Å². The van der Waals surface area contributed by atoms with Crippen LogP contribution in [-0.2, 0) is 16.8 Å². The van der Waals surface area contributed by atoms with Gasteiger partial charge in [0.15, 0.2) is 0 Å². The number of aliphatic hydroxyl groups is 1. The Morgan fingerprint density at radius 1 is 1.10 bits per heavy atom. The van der Waals surface area contributed by atoms with Crippen molar-refractivity contribution in [1.82, 2.24) is 14.8 Å². The maximum absolute atomic E-state index is 13.1. The fourth-order valence-electron chi connectivity index (χ4n) is 4.99. The SMILES string of the molecule is Cc1cc(CC(=O)N2CC[C@](O)(c3ccccc3)[C@H](N3CCCC3)C2)cc(C)n1. The first-order chi connectivity index (χ1) is 14.0. The van der Waals surface area contributed by atoms with Crippen molar-refractivity contribution in [3.05, 3.63) is 65.0 Å². The Kier molecular flexibility index (Phi) is 5.70. The van der Waals surface area contributed by atoms with E-state index in [-0.39, 0.29) is 11.9 Å². The Morgan fingerprint density at radius 2 is 1.76 bits per heavy atom. The van der Waals surface area contributed by atoms with Gasteiger partial charge < -0.3 is 10.0 Å². The molecule has 0 bridgehead atoms. The van der Waals surface area contributed by atoms with Crippen LogP contribution in [0.1, 0.15) is 41.8 Å². The van der Waals surface area contributed by atoms with E-state index in [4.69, 9.17) is 0 Å². The lowest BCUT2D eigenvalue weighted by Gasteiger charge is -2.48. The van der Waals surface area contributed by atoms with Gasteiger partial charge in [0.05, 0.1) is 12.5 Å². The number of hydrogen-bond acceptors (Lipinski definition) is 4. The minimum Gasteiger partial charge on any atom is -0.383 e. The molecule has 29 heavy (non-hydrogen) atoms. The van der Waals surface area contributed by atoms with Gasteiger partial charge in [-0.1, -0.05) is 30.3 Å². The average molecular weight is 394 g/mol. The number of amides is 1. The second kappa shape index (κ2) is 8.25. The number of carbonyl (C=O) groups is 1. The van der Waals surface area contributed by atoms with Gasteiger partial charge in [-0.2, -0.15) is 0 Å². The van der Waals surface area contributed by atoms with Crippen molar-refractivity contribution in [1.29, 1.82) is 0 Å². The van der Waals surface area contributed by atoms with Crippen LogP contribution in [0.25, 0.3) is 0 Å². The Labute approximate surface area is 173 Å². The topological polar surface area (TPSA) is 56.7 Å². The van der Waals surface area contributed by atoms with E-state index in [0.717, 1.165) is 48.4 Å². The molecular weight excluding hydrogens is 362 g/mol. The number of carbonyl (C=O) groups excluding carboxylic acids is 1. The molecule has 3 heterocycles. The van der Waals surface area contributed by atoms with Crippen molar-refractivity contribution >= 4 is 5.91 Å². The normalized spacial score (nSPS) is 25.3. The zero-order valence-corrected chi connectivity index (χ0v) is 17.5. The standard InChI is InChI=1S/C24H31N3O2/c1-18-14-20(15-19(2)25-18)16-23(28)27-13-10-24(29,21-8-4-3-5-9-21)22(17-27)26-11-6-7-12-26/h3-5,8-9,14-15,22,29H,6-7,10-13,16-17H2,1-2H3/t22-,24+/m1/s1. The van der Waals surface area contributed by atoms with Gasteiger partial charge in [0, 0.05) is 24.5 Å². The molecule has 2 aromatic rings. The lowest BCUT2D eigenvalue weighted by atomic mass is 9.79. The third-order valence-electron chi connectivity index (χ3n) is 6.41. The second-order valence-corrected chi connectivity index (χ2v) is 8.57. The summed E-state index contributed by atoms with van der Waals surface area (Å²) < 4.78 is 0. The van der Waals surface area contributed by atoms with Gasteiger partial charge in [0.1, 0.15) is 5.60 Å². The fourth-order valence-corrected chi connectivity index (χ4v) is 4.99. The zero-order chi connectivity index (χ0) is 20.4. The molecule has 1 amide bonds. The number of nitrogens with zero attached hydrogens (tertiary/aromatic N) is 3. The smallest absolute Gasteiger partial charge is 0.227 e. The number of benzene rings is 1. The number of hydrogen-bond donors (Lipinski definition) is 1. The number of piperidine rings is 1. The molecule has 1 N–H and O–H groups in total. The predicted octanol–water partition coefficient (Wildman–Crippen LogP) is 2.83. The summed E-state index contributed by atoms with van der Waals surface area (Å²) in [6, 6.07) is 13.9. The van der Waals surface area contributed by atoms with Crippen LogP contribution in [0.5, 0.6) is 0 Å². The lowest BCUT2D eigenvalue weighted by molar-refractivity contribution is -0.142. The molecule has 1 aromatic heterocycles. The molecular formula is C24H31N3O2. The number of likely N-dealkylation sites (tertiary alicyclic amines) is 2. The summed E-state index contributed by atoms with van der Waals surface area (Å²) in [5, 5.41) is 11.7. The average Bonchev–Trinajstić information content (AvgIpc) is 3.22. The molecule has 2 fully saturated rings. The molecule has 0 unspecified atom stereocenters. The van der Waals surface area contributed by atoms with Crippen LogP contribution in [0.3, 0.4) is 0 Å². The van der Waals surface area contributed by atoms with Crippen molar-refractivity contribution in [2.45, 2.75) is 51.2 Å². The van der Waals surface area contributed by atoms with Gasteiger partial charge >= 0.3 is 0 Å². The minimum absolute atomic E-state index is 0.0639. The highest BCUT2D eigenvalue weighted by Gasteiger charge is 2.47. The van der Waals surface area contributed by atoms with Crippen molar-refractivity contribution in [3.8, 4) is 0 Å². The molecule has 2 atom stereocenters. The van der Waals surface area contributed by atoms with Gasteiger partial charge in [-0.3, -0.25) is 14.7 Å². The number of aryl methyl sites for hydroxylation is 2. The third-order valence-corrected chi connectivity index (χ3v) is 6.41. The molecule has 2 saturated heterocycles. The third kappa shape index (κ3) is 4.21. The zero-order valence-electron chi connectivity index (χ0n) is 17.5. The fraction of sp³-hybridized carbons (Fsp3) is 0.500. The van der Waals surface area contributed by atoms with Crippen molar-refractivity contribution in [2.75, 3.05) is 26.2 Å². The first-order valence-corrected chi connectivity index (χ1v) is 10.7. The summed E-state index contributed by atoms with van der Waals surface area (Å²) in [7, 11) is 0. The summed E-state index contributed by atoms with van der Waals surface area (Å²) in [6.45, 7) is 7.07. The Balaban J connectivity index is 1.54. The Bertz CT molecular complexity index is 843. The number of pyridine rings is 1. The highest BCUT2D eigenvalue weighted by molar-refractivity contribution is 5.79. The lowest BCUT2D eigenvalue weighted by Crippen LogP contribution is -2.61. The first kappa shape index (κ1) is 20.0. The van der Waals surface area contributed by atoms with E-state index >= 15 is 0 Å². The highest BCUT2D eigenvalue weighted by Crippen LogP contribution is 2.37. The molecule has 2 aliphatic heterocycles. The van der Waals surface area contributed by atoms with Gasteiger partial charge in [0.25, 0.3) is 0 Å². The molecule has 0 radical (unpaired) electrons. The summed E-state index contributed by atoms with van der Waals surface area (Å²) in [5.74, 6) is 0.134. The van der Waals surface area contributed by atoms with E-state index in [1.165, 1.54) is 0 Å². The van der Waals surface area contributed by atoms with Gasteiger partial charge in [-0.05, 0) is 69.5 Å². The molecule has 4 rings (SSSR count). The van der Waals surface area contributed by atoms with Crippen LogP contribution in [0.2, 0.25) is 0 Å². The highest BCUT2D eigenvalue weighted by atomic mass is 16.3. The van der Waals surface area contributed by atoms with Crippen LogP contribution >= 0.6 is 0 Å². The van der Waals surface area contributed by atoms with Crippen LogP contribution in [0.4, 0.5) is 0 Å². The van der Waals surface area contributed by atoms with Crippen LogP contribution in [0.15, 0.2) is 42.5 Å². The van der Waals surface area contributed by atoms with Crippen LogP contribution in [-0.4, -0.2) is 58.0 Å². The first-order valence-electron chi connectivity index (χ1n) is 10.7. The largest absolute Gasteiger partial charge is 0.383 e.